The van der Waals surface area contributed by atoms with E-state index in [0.717, 1.165) is 17.8 Å². The first-order valence-corrected chi connectivity index (χ1v) is 7.10. The van der Waals surface area contributed by atoms with Crippen molar-refractivity contribution in [3.63, 3.8) is 0 Å². The molecule has 0 aliphatic carbocycles. The number of thioether (sulfide) groups is 1. The molecule has 0 heterocycles. The molecule has 110 valence electrons. The van der Waals surface area contributed by atoms with Crippen LogP contribution in [-0.4, -0.2) is 49.9 Å². The van der Waals surface area contributed by atoms with Crippen molar-refractivity contribution < 1.29 is 25.0 Å². The summed E-state index contributed by atoms with van der Waals surface area (Å²) >= 11 is 4.80. The van der Waals surface area contributed by atoms with Gasteiger partial charge < -0.3 is 15.3 Å². The van der Waals surface area contributed by atoms with Gasteiger partial charge in [-0.25, -0.2) is 4.79 Å². The van der Waals surface area contributed by atoms with Gasteiger partial charge in [0.25, 0.3) is 5.69 Å². The summed E-state index contributed by atoms with van der Waals surface area (Å²) in [6.45, 7) is 0. The lowest BCUT2D eigenvalue weighted by Crippen LogP contribution is -2.29. The van der Waals surface area contributed by atoms with Crippen LogP contribution in [0.1, 0.15) is 10.4 Å². The number of nitro groups is 1. The van der Waals surface area contributed by atoms with Gasteiger partial charge in [0, 0.05) is 17.6 Å². The fourth-order valence-electron chi connectivity index (χ4n) is 1.32. The molecule has 0 spiro atoms. The van der Waals surface area contributed by atoms with Crippen LogP contribution in [0.15, 0.2) is 23.1 Å². The Kier molecular flexibility index (Phi) is 6.27. The number of hydrogen-bond donors (Lipinski definition) is 4. The highest BCUT2D eigenvalue weighted by molar-refractivity contribution is 7.99. The van der Waals surface area contributed by atoms with Gasteiger partial charge in [-0.15, -0.1) is 11.8 Å². The summed E-state index contributed by atoms with van der Waals surface area (Å²) in [6, 6.07) is 3.53. The first kappa shape index (κ1) is 16.8. The number of nitro benzene ring substituents is 1. The zero-order valence-corrected chi connectivity index (χ0v) is 11.9. The summed E-state index contributed by atoms with van der Waals surface area (Å²) in [7, 11) is 0. The first-order valence-electron chi connectivity index (χ1n) is 5.48. The Morgan fingerprint density at radius 3 is 2.55 bits per heavy atom. The molecule has 0 saturated heterocycles. The Hall–Kier alpha value is -1.29. The number of aromatic carboxylic acids is 1. The third-order valence-electron chi connectivity index (χ3n) is 2.44. The van der Waals surface area contributed by atoms with Crippen molar-refractivity contribution in [2.45, 2.75) is 17.1 Å². The molecule has 2 unspecified atom stereocenters. The van der Waals surface area contributed by atoms with E-state index >= 15 is 0 Å². The van der Waals surface area contributed by atoms with Crippen LogP contribution in [0.5, 0.6) is 0 Å². The zero-order chi connectivity index (χ0) is 15.3. The summed E-state index contributed by atoms with van der Waals surface area (Å²) in [5.41, 5.74) is -0.528. The van der Waals surface area contributed by atoms with Gasteiger partial charge >= 0.3 is 5.97 Å². The van der Waals surface area contributed by atoms with Crippen molar-refractivity contribution in [2.24, 2.45) is 0 Å². The molecule has 0 aliphatic heterocycles. The molecule has 0 aliphatic rings. The minimum Gasteiger partial charge on any atom is -0.478 e. The van der Waals surface area contributed by atoms with E-state index in [0.29, 0.717) is 0 Å². The van der Waals surface area contributed by atoms with Gasteiger partial charge in [-0.05, 0) is 12.1 Å². The van der Waals surface area contributed by atoms with E-state index in [4.69, 9.17) is 5.11 Å². The monoisotopic (exact) mass is 319 g/mol. The number of nitrogens with zero attached hydrogens (tertiary/aromatic N) is 1. The third-order valence-corrected chi connectivity index (χ3v) is 3.98. The normalized spacial score (nSPS) is 13.8. The summed E-state index contributed by atoms with van der Waals surface area (Å²) < 4.78 is 0. The molecule has 9 heteroatoms. The van der Waals surface area contributed by atoms with Gasteiger partial charge in [-0.1, -0.05) is 0 Å². The highest BCUT2D eigenvalue weighted by Crippen LogP contribution is 2.30. The average molecular weight is 319 g/mol. The van der Waals surface area contributed by atoms with Crippen molar-refractivity contribution in [3.05, 3.63) is 33.9 Å². The van der Waals surface area contributed by atoms with E-state index in [1.54, 1.807) is 0 Å². The molecule has 0 radical (unpaired) electrons. The number of carboxylic acid groups (broad SMARTS) is 1. The second-order valence-electron chi connectivity index (χ2n) is 3.87. The topological polar surface area (TPSA) is 121 Å². The molecular formula is C11H13NO6S2. The summed E-state index contributed by atoms with van der Waals surface area (Å²) in [4.78, 5) is 21.2. The Labute approximate surface area is 124 Å². The largest absolute Gasteiger partial charge is 0.478 e. The molecule has 1 rings (SSSR count). The average Bonchev–Trinajstić information content (AvgIpc) is 2.43. The van der Waals surface area contributed by atoms with Crippen molar-refractivity contribution in [3.8, 4) is 0 Å². The Morgan fingerprint density at radius 1 is 1.40 bits per heavy atom. The zero-order valence-electron chi connectivity index (χ0n) is 10.2. The predicted molar refractivity (Wildman–Crippen MR) is 76.6 cm³/mol. The third kappa shape index (κ3) is 4.37. The molecule has 1 aromatic carbocycles. The van der Waals surface area contributed by atoms with Gasteiger partial charge in [-0.2, -0.15) is 12.6 Å². The van der Waals surface area contributed by atoms with Crippen LogP contribution >= 0.6 is 24.4 Å². The van der Waals surface area contributed by atoms with Crippen LogP contribution in [0.2, 0.25) is 0 Å². The van der Waals surface area contributed by atoms with Crippen LogP contribution in [0, 0.1) is 10.1 Å². The number of hydrogen-bond acceptors (Lipinski definition) is 7. The fraction of sp³-hybridized carbons (Fsp3) is 0.364. The van der Waals surface area contributed by atoms with Gasteiger partial charge in [0.15, 0.2) is 0 Å². The lowest BCUT2D eigenvalue weighted by atomic mass is 10.2. The molecule has 0 aromatic heterocycles. The molecule has 0 saturated carbocycles. The van der Waals surface area contributed by atoms with Crippen LogP contribution in [0.25, 0.3) is 0 Å². The van der Waals surface area contributed by atoms with E-state index in [-0.39, 0.29) is 27.7 Å². The number of benzene rings is 1. The van der Waals surface area contributed by atoms with Crippen molar-refractivity contribution >= 4 is 36.0 Å². The Bertz CT molecular complexity index is 510. The van der Waals surface area contributed by atoms with E-state index in [1.165, 1.54) is 12.1 Å². The number of aliphatic hydroxyl groups excluding tert-OH is 2. The maximum atomic E-state index is 10.9. The predicted octanol–water partition coefficient (Wildman–Crippen LogP) is 1.04. The number of carbonyl (C=O) groups is 1. The molecule has 0 bridgehead atoms. The minimum atomic E-state index is -1.25. The molecule has 3 N–H and O–H groups in total. The van der Waals surface area contributed by atoms with Gasteiger partial charge in [0.05, 0.1) is 27.6 Å². The highest BCUT2D eigenvalue weighted by atomic mass is 32.2. The summed E-state index contributed by atoms with van der Waals surface area (Å²) in [5.74, 6) is -1.15. The van der Waals surface area contributed by atoms with Gasteiger partial charge in [0.2, 0.25) is 0 Å². The van der Waals surface area contributed by atoms with E-state index in [2.05, 4.69) is 12.6 Å². The second-order valence-corrected chi connectivity index (χ2v) is 5.30. The summed E-state index contributed by atoms with van der Waals surface area (Å²) in [6.07, 6.45) is -2.10. The Morgan fingerprint density at radius 2 is 2.05 bits per heavy atom. The molecule has 20 heavy (non-hydrogen) atoms. The van der Waals surface area contributed by atoms with E-state index < -0.39 is 23.1 Å². The van der Waals surface area contributed by atoms with Crippen molar-refractivity contribution in [1.82, 2.24) is 0 Å². The van der Waals surface area contributed by atoms with Crippen molar-refractivity contribution in [1.29, 1.82) is 0 Å². The smallest absolute Gasteiger partial charge is 0.335 e. The number of thiol groups is 1. The molecule has 7 nitrogen and oxygen atoms in total. The van der Waals surface area contributed by atoms with Crippen LogP contribution < -0.4 is 0 Å². The lowest BCUT2D eigenvalue weighted by Gasteiger charge is -2.15. The van der Waals surface area contributed by atoms with Crippen molar-refractivity contribution in [2.75, 3.05) is 11.5 Å². The van der Waals surface area contributed by atoms with Crippen LogP contribution in [0.3, 0.4) is 0 Å². The minimum absolute atomic E-state index is 0.0367. The molecular weight excluding hydrogens is 306 g/mol. The molecule has 0 fully saturated rings. The summed E-state index contributed by atoms with van der Waals surface area (Å²) in [5, 5.41) is 38.6. The number of aliphatic hydroxyl groups is 2. The lowest BCUT2D eigenvalue weighted by molar-refractivity contribution is -0.387. The molecule has 0 amide bonds. The number of rotatable bonds is 7. The SMILES string of the molecule is O=C(O)c1ccc(SCC(O)C(O)CS)c([N+](=O)[O-])c1. The molecule has 2 atom stereocenters. The fourth-order valence-corrected chi connectivity index (χ4v) is 2.58. The standard InChI is InChI=1S/C11H13NO6S2/c13-8(4-19)9(14)5-20-10-2-1-6(11(15)16)3-7(10)12(17)18/h1-3,8-9,13-14,19H,4-5H2,(H,15,16). The van der Waals surface area contributed by atoms with Crippen LogP contribution in [0.4, 0.5) is 5.69 Å². The number of carboxylic acids is 1. The van der Waals surface area contributed by atoms with Gasteiger partial charge in [0.1, 0.15) is 0 Å². The molecule has 1 aromatic rings. The maximum Gasteiger partial charge on any atom is 0.335 e. The maximum absolute atomic E-state index is 10.9. The quantitative estimate of drug-likeness (QED) is 0.256. The first-order chi connectivity index (χ1) is 9.36. The van der Waals surface area contributed by atoms with Crippen LogP contribution in [-0.2, 0) is 0 Å². The van der Waals surface area contributed by atoms with E-state index in [1.807, 2.05) is 0 Å². The van der Waals surface area contributed by atoms with E-state index in [9.17, 15) is 25.1 Å². The Balaban J connectivity index is 2.89. The second kappa shape index (κ2) is 7.48. The highest BCUT2D eigenvalue weighted by Gasteiger charge is 2.20. The van der Waals surface area contributed by atoms with Gasteiger partial charge in [-0.3, -0.25) is 10.1 Å².